The number of halogens is 1. The minimum absolute atomic E-state index is 0.117. The molecule has 110 valence electrons. The van der Waals surface area contributed by atoms with Gasteiger partial charge in [-0.25, -0.2) is 0 Å². The summed E-state index contributed by atoms with van der Waals surface area (Å²) in [6, 6.07) is 7.38. The maximum atomic E-state index is 11.9. The lowest BCUT2D eigenvalue weighted by Gasteiger charge is -2.06. The van der Waals surface area contributed by atoms with E-state index in [-0.39, 0.29) is 11.7 Å². The lowest BCUT2D eigenvalue weighted by molar-refractivity contribution is -0.113. The maximum absolute atomic E-state index is 11.9. The molecule has 0 atom stereocenters. The summed E-state index contributed by atoms with van der Waals surface area (Å²) in [5.74, 6) is 0.422. The smallest absolute Gasteiger partial charge is 0.234 e. The Hall–Kier alpha value is -1.80. The fraction of sp³-hybridized carbons (Fsp3) is 0.154. The van der Waals surface area contributed by atoms with Gasteiger partial charge in [0, 0.05) is 16.7 Å². The van der Waals surface area contributed by atoms with Crippen LogP contribution in [0.3, 0.4) is 0 Å². The molecule has 0 unspecified atom stereocenters. The first-order valence-corrected chi connectivity index (χ1v) is 7.86. The first-order valence-electron chi connectivity index (χ1n) is 6.08. The molecule has 6 nitrogen and oxygen atoms in total. The van der Waals surface area contributed by atoms with Gasteiger partial charge in [-0.2, -0.15) is 0 Å². The molecule has 1 amide bonds. The number of hydrogen-bond acceptors (Lipinski definition) is 5. The highest BCUT2D eigenvalue weighted by Gasteiger charge is 2.11. The number of hydrogen-bond donors (Lipinski definition) is 2. The van der Waals surface area contributed by atoms with Crippen LogP contribution in [0.4, 0.5) is 11.6 Å². The van der Waals surface area contributed by atoms with Crippen LogP contribution < -0.4 is 11.1 Å². The number of amides is 1. The van der Waals surface area contributed by atoms with Crippen LogP contribution in [0.25, 0.3) is 0 Å². The predicted molar refractivity (Wildman–Crippen MR) is 88.1 cm³/mol. The molecule has 1 heterocycles. The molecule has 0 aliphatic rings. The highest BCUT2D eigenvalue weighted by molar-refractivity contribution is 9.10. The van der Waals surface area contributed by atoms with Gasteiger partial charge in [-0.15, -0.1) is 16.8 Å². The number of benzene rings is 1. The number of anilines is 2. The van der Waals surface area contributed by atoms with E-state index in [2.05, 4.69) is 38.0 Å². The number of thioether (sulfide) groups is 1. The summed E-state index contributed by atoms with van der Waals surface area (Å²) in [5, 5.41) is 11.1. The van der Waals surface area contributed by atoms with Gasteiger partial charge in [-0.1, -0.05) is 33.8 Å². The van der Waals surface area contributed by atoms with Gasteiger partial charge in [-0.3, -0.25) is 9.36 Å². The van der Waals surface area contributed by atoms with Crippen LogP contribution in [-0.4, -0.2) is 26.4 Å². The summed E-state index contributed by atoms with van der Waals surface area (Å²) < 4.78 is 2.66. The third-order valence-electron chi connectivity index (χ3n) is 2.52. The SMILES string of the molecule is C=CCn1c(N)nnc1SCC(=O)Nc1ccc(Br)cc1. The Morgan fingerprint density at radius 3 is 2.81 bits per heavy atom. The number of rotatable bonds is 6. The van der Waals surface area contributed by atoms with Crippen molar-refractivity contribution < 1.29 is 4.79 Å². The first kappa shape index (κ1) is 15.6. The van der Waals surface area contributed by atoms with Gasteiger partial charge in [0.1, 0.15) is 0 Å². The molecule has 0 aliphatic carbocycles. The molecule has 0 radical (unpaired) electrons. The number of aromatic nitrogens is 3. The second-order valence-corrected chi connectivity index (χ2v) is 5.94. The van der Waals surface area contributed by atoms with E-state index in [1.807, 2.05) is 24.3 Å². The molecule has 0 saturated carbocycles. The Balaban J connectivity index is 1.92. The van der Waals surface area contributed by atoms with Crippen molar-refractivity contribution in [2.75, 3.05) is 16.8 Å². The fourth-order valence-electron chi connectivity index (χ4n) is 1.57. The van der Waals surface area contributed by atoms with E-state index in [0.717, 1.165) is 10.2 Å². The summed E-state index contributed by atoms with van der Waals surface area (Å²) in [5.41, 5.74) is 6.44. The Morgan fingerprint density at radius 1 is 1.43 bits per heavy atom. The quantitative estimate of drug-likeness (QED) is 0.605. The van der Waals surface area contributed by atoms with Crippen molar-refractivity contribution >= 4 is 45.2 Å². The molecular weight excluding hydrogens is 354 g/mol. The van der Waals surface area contributed by atoms with Gasteiger partial charge < -0.3 is 11.1 Å². The predicted octanol–water partition coefficient (Wildman–Crippen LogP) is 2.54. The molecule has 0 spiro atoms. The van der Waals surface area contributed by atoms with Crippen molar-refractivity contribution in [1.29, 1.82) is 0 Å². The van der Waals surface area contributed by atoms with Crippen LogP contribution in [0.5, 0.6) is 0 Å². The number of nitrogens with one attached hydrogen (secondary N) is 1. The average molecular weight is 368 g/mol. The van der Waals surface area contributed by atoms with Crippen LogP contribution in [0.15, 0.2) is 46.5 Å². The van der Waals surface area contributed by atoms with E-state index in [1.54, 1.807) is 10.6 Å². The number of nitrogens with zero attached hydrogens (tertiary/aromatic N) is 3. The molecule has 0 aliphatic heterocycles. The van der Waals surface area contributed by atoms with Crippen molar-refractivity contribution in [3.8, 4) is 0 Å². The highest BCUT2D eigenvalue weighted by Crippen LogP contribution is 2.19. The minimum Gasteiger partial charge on any atom is -0.368 e. The van der Waals surface area contributed by atoms with Crippen LogP contribution in [0.1, 0.15) is 0 Å². The number of carbonyl (C=O) groups excluding carboxylic acids is 1. The van der Waals surface area contributed by atoms with Gasteiger partial charge in [0.05, 0.1) is 5.75 Å². The van der Waals surface area contributed by atoms with Gasteiger partial charge in [0.15, 0.2) is 5.16 Å². The zero-order valence-corrected chi connectivity index (χ0v) is 13.5. The van der Waals surface area contributed by atoms with Gasteiger partial charge in [0.25, 0.3) is 0 Å². The molecule has 2 rings (SSSR count). The monoisotopic (exact) mass is 367 g/mol. The van der Waals surface area contributed by atoms with E-state index in [9.17, 15) is 4.79 Å². The van der Waals surface area contributed by atoms with Gasteiger partial charge in [0.2, 0.25) is 11.9 Å². The molecule has 21 heavy (non-hydrogen) atoms. The zero-order chi connectivity index (χ0) is 15.2. The van der Waals surface area contributed by atoms with Crippen molar-refractivity contribution in [3.05, 3.63) is 41.4 Å². The van der Waals surface area contributed by atoms with E-state index in [1.165, 1.54) is 11.8 Å². The molecule has 1 aromatic carbocycles. The molecule has 0 saturated heterocycles. The number of nitrogen functional groups attached to an aromatic ring is 1. The van der Waals surface area contributed by atoms with E-state index >= 15 is 0 Å². The van der Waals surface area contributed by atoms with Crippen LogP contribution in [-0.2, 0) is 11.3 Å². The van der Waals surface area contributed by atoms with Crippen LogP contribution in [0, 0.1) is 0 Å². The Morgan fingerprint density at radius 2 is 2.14 bits per heavy atom. The molecule has 0 bridgehead atoms. The van der Waals surface area contributed by atoms with Gasteiger partial charge >= 0.3 is 0 Å². The normalized spacial score (nSPS) is 10.3. The summed E-state index contributed by atoms with van der Waals surface area (Å²) in [4.78, 5) is 11.9. The standard InChI is InChI=1S/C13H14BrN5OS/c1-2-7-19-12(15)17-18-13(19)21-8-11(20)16-10-5-3-9(14)4-6-10/h2-6H,1,7-8H2,(H2,15,17)(H,16,20). The molecule has 1 aromatic heterocycles. The fourth-order valence-corrected chi connectivity index (χ4v) is 2.59. The number of carbonyl (C=O) groups is 1. The number of allylic oxidation sites excluding steroid dienone is 1. The lowest BCUT2D eigenvalue weighted by Crippen LogP contribution is -2.14. The Labute approximate surface area is 134 Å². The molecule has 0 fully saturated rings. The molecule has 3 N–H and O–H groups in total. The first-order chi connectivity index (χ1) is 10.1. The van der Waals surface area contributed by atoms with Crippen LogP contribution >= 0.6 is 27.7 Å². The second-order valence-electron chi connectivity index (χ2n) is 4.08. The van der Waals surface area contributed by atoms with Crippen molar-refractivity contribution in [3.63, 3.8) is 0 Å². The van der Waals surface area contributed by atoms with E-state index in [4.69, 9.17) is 5.73 Å². The average Bonchev–Trinajstić information content (AvgIpc) is 2.81. The summed E-state index contributed by atoms with van der Waals surface area (Å²) in [6.45, 7) is 4.16. The second kappa shape index (κ2) is 7.28. The van der Waals surface area contributed by atoms with Crippen LogP contribution in [0.2, 0.25) is 0 Å². The topological polar surface area (TPSA) is 85.8 Å². The van der Waals surface area contributed by atoms with Crippen molar-refractivity contribution in [2.45, 2.75) is 11.7 Å². The summed E-state index contributed by atoms with van der Waals surface area (Å²) in [6.07, 6.45) is 1.70. The third kappa shape index (κ3) is 4.33. The Kier molecular flexibility index (Phi) is 5.40. The molecular formula is C13H14BrN5OS. The van der Waals surface area contributed by atoms with E-state index in [0.29, 0.717) is 17.6 Å². The zero-order valence-electron chi connectivity index (χ0n) is 11.1. The third-order valence-corrected chi connectivity index (χ3v) is 4.01. The minimum atomic E-state index is -0.117. The lowest BCUT2D eigenvalue weighted by atomic mass is 10.3. The molecule has 8 heteroatoms. The summed E-state index contributed by atoms with van der Waals surface area (Å²) >= 11 is 4.62. The Bertz CT molecular complexity index is 641. The van der Waals surface area contributed by atoms with Crippen molar-refractivity contribution in [2.24, 2.45) is 0 Å². The maximum Gasteiger partial charge on any atom is 0.234 e. The van der Waals surface area contributed by atoms with Gasteiger partial charge in [-0.05, 0) is 24.3 Å². The van der Waals surface area contributed by atoms with E-state index < -0.39 is 0 Å². The van der Waals surface area contributed by atoms with Crippen molar-refractivity contribution in [1.82, 2.24) is 14.8 Å². The number of nitrogens with two attached hydrogens (primary N) is 1. The highest BCUT2D eigenvalue weighted by atomic mass is 79.9. The molecule has 2 aromatic rings. The largest absolute Gasteiger partial charge is 0.368 e. The summed E-state index contributed by atoms with van der Waals surface area (Å²) in [7, 11) is 0.